The third-order valence-electron chi connectivity index (χ3n) is 4.30. The average Bonchev–Trinajstić information content (AvgIpc) is 3.20. The Kier molecular flexibility index (Phi) is 5.81. The molecular formula is C19H27N7O2. The average molecular weight is 385 g/mol. The summed E-state index contributed by atoms with van der Waals surface area (Å²) in [6.07, 6.45) is 2.87. The van der Waals surface area contributed by atoms with Crippen LogP contribution in [0.2, 0.25) is 0 Å². The first kappa shape index (κ1) is 19.7. The molecule has 1 aliphatic rings. The van der Waals surface area contributed by atoms with E-state index in [1.165, 1.54) is 6.33 Å². The molecule has 3 rings (SSSR count). The van der Waals surface area contributed by atoms with Crippen molar-refractivity contribution in [2.24, 2.45) is 10.7 Å². The van der Waals surface area contributed by atoms with E-state index in [0.717, 1.165) is 11.3 Å². The molecule has 9 nitrogen and oxygen atoms in total. The number of nitrogens with two attached hydrogens (primary N) is 1. The van der Waals surface area contributed by atoms with E-state index in [-0.39, 0.29) is 6.09 Å². The number of piperazine rings is 1. The lowest BCUT2D eigenvalue weighted by Gasteiger charge is -2.36. The Balaban J connectivity index is 1.50. The molecule has 0 unspecified atom stereocenters. The van der Waals surface area contributed by atoms with Crippen LogP contribution < -0.4 is 5.73 Å². The minimum absolute atomic E-state index is 0.282. The lowest BCUT2D eigenvalue weighted by Crippen LogP contribution is -2.53. The molecule has 0 spiro atoms. The van der Waals surface area contributed by atoms with E-state index in [1.54, 1.807) is 15.9 Å². The molecule has 2 N–H and O–H groups in total. The maximum atomic E-state index is 12.1. The summed E-state index contributed by atoms with van der Waals surface area (Å²) in [6.45, 7) is 8.50. The van der Waals surface area contributed by atoms with Crippen LogP contribution in [0.1, 0.15) is 26.3 Å². The van der Waals surface area contributed by atoms with Gasteiger partial charge >= 0.3 is 6.09 Å². The molecule has 1 fully saturated rings. The van der Waals surface area contributed by atoms with Gasteiger partial charge in [0.05, 0.1) is 12.2 Å². The molecule has 0 atom stereocenters. The number of amides is 1. The number of hydrogen-bond acceptors (Lipinski definition) is 5. The van der Waals surface area contributed by atoms with Crippen molar-refractivity contribution in [3.8, 4) is 5.69 Å². The highest BCUT2D eigenvalue weighted by atomic mass is 16.6. The SMILES string of the molecule is CC(C)(C)OC(=O)N1CCN(C(N)=NCc2ccc(-n3cncn3)cc2)CC1. The van der Waals surface area contributed by atoms with Gasteiger partial charge in [0, 0.05) is 26.2 Å². The van der Waals surface area contributed by atoms with Gasteiger partial charge in [-0.3, -0.25) is 0 Å². The topological polar surface area (TPSA) is 102 Å². The largest absolute Gasteiger partial charge is 0.444 e. The highest BCUT2D eigenvalue weighted by molar-refractivity contribution is 5.78. The van der Waals surface area contributed by atoms with Gasteiger partial charge in [0.1, 0.15) is 18.3 Å². The molecule has 28 heavy (non-hydrogen) atoms. The summed E-state index contributed by atoms with van der Waals surface area (Å²) in [4.78, 5) is 24.3. The van der Waals surface area contributed by atoms with Gasteiger partial charge < -0.3 is 20.3 Å². The summed E-state index contributed by atoms with van der Waals surface area (Å²) in [5.41, 5.74) is 7.65. The van der Waals surface area contributed by atoms with Crippen LogP contribution in [-0.4, -0.2) is 68.4 Å². The molecule has 150 valence electrons. The molecule has 2 heterocycles. The van der Waals surface area contributed by atoms with E-state index in [1.807, 2.05) is 49.9 Å². The van der Waals surface area contributed by atoms with E-state index in [0.29, 0.717) is 38.7 Å². The number of benzene rings is 1. The Morgan fingerprint density at radius 1 is 1.14 bits per heavy atom. The molecule has 0 aliphatic carbocycles. The summed E-state index contributed by atoms with van der Waals surface area (Å²) >= 11 is 0. The quantitative estimate of drug-likeness (QED) is 0.636. The lowest BCUT2D eigenvalue weighted by molar-refractivity contribution is 0.0186. The minimum atomic E-state index is -0.488. The van der Waals surface area contributed by atoms with Gasteiger partial charge in [0.2, 0.25) is 0 Å². The molecule has 2 aromatic rings. The van der Waals surface area contributed by atoms with E-state index in [2.05, 4.69) is 15.1 Å². The summed E-state index contributed by atoms with van der Waals surface area (Å²) < 4.78 is 7.11. The maximum Gasteiger partial charge on any atom is 0.410 e. The van der Waals surface area contributed by atoms with Crippen molar-refractivity contribution >= 4 is 12.1 Å². The van der Waals surface area contributed by atoms with Crippen LogP contribution in [0.25, 0.3) is 5.69 Å². The van der Waals surface area contributed by atoms with Crippen LogP contribution in [0.4, 0.5) is 4.79 Å². The van der Waals surface area contributed by atoms with Crippen molar-refractivity contribution in [3.05, 3.63) is 42.5 Å². The molecule has 1 saturated heterocycles. The summed E-state index contributed by atoms with van der Waals surface area (Å²) in [5.74, 6) is 0.490. The highest BCUT2D eigenvalue weighted by Gasteiger charge is 2.26. The normalized spacial score (nSPS) is 15.6. The number of rotatable bonds is 3. The number of hydrogen-bond donors (Lipinski definition) is 1. The highest BCUT2D eigenvalue weighted by Crippen LogP contribution is 2.12. The lowest BCUT2D eigenvalue weighted by atomic mass is 10.2. The van der Waals surface area contributed by atoms with Gasteiger partial charge in [0.15, 0.2) is 5.96 Å². The minimum Gasteiger partial charge on any atom is -0.444 e. The molecule has 0 saturated carbocycles. The molecule has 1 aromatic carbocycles. The van der Waals surface area contributed by atoms with E-state index in [4.69, 9.17) is 10.5 Å². The molecular weight excluding hydrogens is 358 g/mol. The first-order valence-corrected chi connectivity index (χ1v) is 9.28. The number of ether oxygens (including phenoxy) is 1. The van der Waals surface area contributed by atoms with E-state index < -0.39 is 5.60 Å². The second kappa shape index (κ2) is 8.28. The molecule has 1 aromatic heterocycles. The summed E-state index contributed by atoms with van der Waals surface area (Å²) in [5, 5.41) is 4.10. The van der Waals surface area contributed by atoms with Crippen LogP contribution in [0.5, 0.6) is 0 Å². The number of carbonyl (C=O) groups is 1. The maximum absolute atomic E-state index is 12.1. The Labute approximate surface area is 164 Å². The Morgan fingerprint density at radius 2 is 1.79 bits per heavy atom. The van der Waals surface area contributed by atoms with Gasteiger partial charge in [-0.1, -0.05) is 12.1 Å². The van der Waals surface area contributed by atoms with Gasteiger partial charge in [-0.05, 0) is 38.5 Å². The first-order valence-electron chi connectivity index (χ1n) is 9.28. The van der Waals surface area contributed by atoms with Crippen LogP contribution in [-0.2, 0) is 11.3 Å². The molecule has 0 bridgehead atoms. The number of carbonyl (C=O) groups excluding carboxylic acids is 1. The molecule has 1 aliphatic heterocycles. The zero-order chi connectivity index (χ0) is 20.1. The fourth-order valence-corrected chi connectivity index (χ4v) is 2.81. The predicted molar refractivity (Wildman–Crippen MR) is 106 cm³/mol. The second-order valence-electron chi connectivity index (χ2n) is 7.64. The third kappa shape index (κ3) is 5.21. The van der Waals surface area contributed by atoms with E-state index >= 15 is 0 Å². The third-order valence-corrected chi connectivity index (χ3v) is 4.30. The van der Waals surface area contributed by atoms with Crippen LogP contribution >= 0.6 is 0 Å². The van der Waals surface area contributed by atoms with Crippen molar-refractivity contribution in [1.82, 2.24) is 24.6 Å². The van der Waals surface area contributed by atoms with Gasteiger partial charge in [-0.15, -0.1) is 0 Å². The van der Waals surface area contributed by atoms with Gasteiger partial charge in [-0.2, -0.15) is 5.10 Å². The smallest absolute Gasteiger partial charge is 0.410 e. The molecule has 1 amide bonds. The van der Waals surface area contributed by atoms with Gasteiger partial charge in [-0.25, -0.2) is 19.5 Å². The van der Waals surface area contributed by atoms with Crippen molar-refractivity contribution in [2.45, 2.75) is 32.9 Å². The van der Waals surface area contributed by atoms with Crippen LogP contribution in [0.3, 0.4) is 0 Å². The van der Waals surface area contributed by atoms with Crippen molar-refractivity contribution < 1.29 is 9.53 Å². The number of guanidine groups is 1. The monoisotopic (exact) mass is 385 g/mol. The Hall–Kier alpha value is -3.10. The van der Waals surface area contributed by atoms with Crippen molar-refractivity contribution in [3.63, 3.8) is 0 Å². The summed E-state index contributed by atoms with van der Waals surface area (Å²) in [6, 6.07) is 7.92. The number of aliphatic imine (C=N–C) groups is 1. The second-order valence-corrected chi connectivity index (χ2v) is 7.64. The Morgan fingerprint density at radius 3 is 2.36 bits per heavy atom. The summed E-state index contributed by atoms with van der Waals surface area (Å²) in [7, 11) is 0. The molecule has 9 heteroatoms. The fraction of sp³-hybridized carbons (Fsp3) is 0.474. The number of aromatic nitrogens is 3. The van der Waals surface area contributed by atoms with Gasteiger partial charge in [0.25, 0.3) is 0 Å². The molecule has 0 radical (unpaired) electrons. The van der Waals surface area contributed by atoms with Crippen molar-refractivity contribution in [1.29, 1.82) is 0 Å². The first-order chi connectivity index (χ1) is 13.3. The fourth-order valence-electron chi connectivity index (χ4n) is 2.81. The van der Waals surface area contributed by atoms with Crippen molar-refractivity contribution in [2.75, 3.05) is 26.2 Å². The zero-order valence-electron chi connectivity index (χ0n) is 16.6. The standard InChI is InChI=1S/C19H27N7O2/c1-19(2,3)28-18(27)25-10-8-24(9-11-25)17(20)22-12-15-4-6-16(7-5-15)26-14-21-13-23-26/h4-7,13-14H,8-12H2,1-3H3,(H2,20,22). The predicted octanol–water partition coefficient (Wildman–Crippen LogP) is 1.63. The van der Waals surface area contributed by atoms with Crippen LogP contribution in [0, 0.1) is 0 Å². The van der Waals surface area contributed by atoms with E-state index in [9.17, 15) is 4.79 Å². The zero-order valence-corrected chi connectivity index (χ0v) is 16.6. The number of nitrogens with zero attached hydrogens (tertiary/aromatic N) is 6. The van der Waals surface area contributed by atoms with Crippen LogP contribution in [0.15, 0.2) is 41.9 Å². The Bertz CT molecular complexity index is 802.